The van der Waals surface area contributed by atoms with Crippen molar-refractivity contribution in [3.05, 3.63) is 115 Å². The molecule has 0 bridgehead atoms. The van der Waals surface area contributed by atoms with Gasteiger partial charge in [-0.15, -0.1) is 0 Å². The van der Waals surface area contributed by atoms with E-state index in [1.54, 1.807) is 26.2 Å². The average Bonchev–Trinajstić information content (AvgIpc) is 3.81. The number of nitrogens with zero attached hydrogens (tertiary/aromatic N) is 6. The van der Waals surface area contributed by atoms with Gasteiger partial charge in [-0.1, -0.05) is 23.5 Å². The van der Waals surface area contributed by atoms with Gasteiger partial charge in [0.25, 0.3) is 24.3 Å². The number of amides is 1. The number of aryl methyl sites for hydroxylation is 2. The molecule has 12 nitrogen and oxygen atoms in total. The zero-order valence-electron chi connectivity index (χ0n) is 31.6. The van der Waals surface area contributed by atoms with Crippen LogP contribution in [0.1, 0.15) is 70.1 Å². The number of carbonyl (C=O) groups excluding carboxylic acids is 1. The van der Waals surface area contributed by atoms with Crippen molar-refractivity contribution in [2.45, 2.75) is 64.0 Å². The Morgan fingerprint density at radius 2 is 1.72 bits per heavy atom. The van der Waals surface area contributed by atoms with E-state index in [1.807, 2.05) is 0 Å². The minimum absolute atomic E-state index is 0.0268. The lowest BCUT2D eigenvalue weighted by Crippen LogP contribution is -2.38. The fourth-order valence-electron chi connectivity index (χ4n) is 7.56. The molecule has 2 aromatic carbocycles. The number of hydrogen-bond donors (Lipinski definition) is 4. The van der Waals surface area contributed by atoms with Gasteiger partial charge in [-0.3, -0.25) is 24.2 Å². The molecular weight excluding hydrogens is 848 g/mol. The van der Waals surface area contributed by atoms with Crippen LogP contribution in [0.4, 0.5) is 40.8 Å². The molecule has 3 atom stereocenters. The number of aromatic nitrogens is 6. The van der Waals surface area contributed by atoms with Crippen LogP contribution in [0.2, 0.25) is 5.02 Å². The second-order valence-corrected chi connectivity index (χ2v) is 15.2. The summed E-state index contributed by atoms with van der Waals surface area (Å²) >= 11 is 7.49. The van der Waals surface area contributed by atoms with Crippen LogP contribution in [-0.2, 0) is 23.7 Å². The molecular formula is C38H33ClF8N10O2S. The zero-order chi connectivity index (χ0) is 43.4. The maximum Gasteiger partial charge on any atom is 0.293 e. The molecule has 0 spiro atoms. The summed E-state index contributed by atoms with van der Waals surface area (Å²) in [5, 5.41) is 17.3. The minimum atomic E-state index is -3.58. The van der Waals surface area contributed by atoms with Crippen LogP contribution in [0.3, 0.4) is 0 Å². The number of carbonyl (C=O) groups is 1. The van der Waals surface area contributed by atoms with Crippen LogP contribution in [0, 0.1) is 36.8 Å². The average molecular weight is 881 g/mol. The zero-order valence-corrected chi connectivity index (χ0v) is 33.1. The van der Waals surface area contributed by atoms with Crippen molar-refractivity contribution in [3.63, 3.8) is 0 Å². The molecule has 3 heterocycles. The van der Waals surface area contributed by atoms with E-state index in [4.69, 9.17) is 17.0 Å². The van der Waals surface area contributed by atoms with Crippen LogP contribution in [-0.4, -0.2) is 60.3 Å². The number of anilines is 1. The minimum Gasteiger partial charge on any atom is -0.377 e. The van der Waals surface area contributed by atoms with Gasteiger partial charge in [-0.25, -0.2) is 41.3 Å². The monoisotopic (exact) mass is 880 g/mol. The highest BCUT2D eigenvalue weighted by atomic mass is 35.5. The molecule has 1 fully saturated rings. The summed E-state index contributed by atoms with van der Waals surface area (Å²) in [6.07, 6.45) is -5.17. The molecule has 22 heteroatoms. The van der Waals surface area contributed by atoms with E-state index in [0.29, 0.717) is 22.1 Å². The van der Waals surface area contributed by atoms with Crippen molar-refractivity contribution in [3.8, 4) is 17.2 Å². The highest BCUT2D eigenvalue weighted by Crippen LogP contribution is 2.68. The topological polar surface area (TPSA) is 156 Å². The molecule has 1 saturated carbocycles. The first kappa shape index (κ1) is 42.6. The number of halogens is 9. The van der Waals surface area contributed by atoms with Crippen molar-refractivity contribution in [2.24, 2.45) is 5.92 Å². The van der Waals surface area contributed by atoms with Crippen molar-refractivity contribution < 1.29 is 39.9 Å². The third-order valence-electron chi connectivity index (χ3n) is 9.89. The summed E-state index contributed by atoms with van der Waals surface area (Å²) in [7, 11) is 0. The molecule has 316 valence electrons. The third kappa shape index (κ3) is 8.28. The van der Waals surface area contributed by atoms with Gasteiger partial charge >= 0.3 is 0 Å². The van der Waals surface area contributed by atoms with Crippen molar-refractivity contribution in [2.75, 3.05) is 18.1 Å². The van der Waals surface area contributed by atoms with Crippen LogP contribution in [0.15, 0.2) is 47.3 Å². The molecule has 1 amide bonds. The number of fused-ring (bicyclic) bond motifs is 3. The summed E-state index contributed by atoms with van der Waals surface area (Å²) in [5.74, 6) is -9.67. The maximum atomic E-state index is 15.5. The highest BCUT2D eigenvalue weighted by molar-refractivity contribution is 7.97. The summed E-state index contributed by atoms with van der Waals surface area (Å²) in [6, 6.07) is 5.98. The quantitative estimate of drug-likeness (QED) is 0.0383. The van der Waals surface area contributed by atoms with E-state index in [0.717, 1.165) is 34.7 Å². The van der Waals surface area contributed by atoms with Crippen LogP contribution in [0.5, 0.6) is 0 Å². The fraction of sp³-hybridized carbons (Fsp3) is 0.342. The SMILES string of the molecule is CSNC(=N)c1c(Cl)ccc(-n2c(C(Cc3cc(F)cc(F)c3)NC(=O)Cn3nc(C(F)F)c4c3C(F)(F)C3CC43)nc(-c3nc(C)cc(C)n3)cc2=O)c1NCC(F)F. The first-order valence-electron chi connectivity index (χ1n) is 18.1. The molecule has 4 N–H and O–H groups in total. The van der Waals surface area contributed by atoms with Crippen molar-refractivity contribution >= 4 is 41.0 Å². The number of benzene rings is 2. The molecule has 0 saturated heterocycles. The first-order chi connectivity index (χ1) is 28.4. The molecule has 7 rings (SSSR count). The molecule has 3 unspecified atom stereocenters. The van der Waals surface area contributed by atoms with E-state index < -0.39 is 96.5 Å². The van der Waals surface area contributed by atoms with Crippen LogP contribution in [0.25, 0.3) is 17.2 Å². The van der Waals surface area contributed by atoms with Crippen LogP contribution >= 0.6 is 23.5 Å². The van der Waals surface area contributed by atoms with E-state index >= 15 is 8.78 Å². The Kier molecular flexibility index (Phi) is 11.7. The molecule has 3 aromatic heterocycles. The van der Waals surface area contributed by atoms with E-state index in [-0.39, 0.29) is 56.9 Å². The Morgan fingerprint density at radius 3 is 2.35 bits per heavy atom. The number of alkyl halides is 6. The molecule has 60 heavy (non-hydrogen) atoms. The second-order valence-electron chi connectivity index (χ2n) is 14.2. The van der Waals surface area contributed by atoms with Crippen molar-refractivity contribution in [1.82, 2.24) is 39.3 Å². The van der Waals surface area contributed by atoms with Gasteiger partial charge in [0.15, 0.2) is 5.82 Å². The first-order valence-corrected chi connectivity index (χ1v) is 19.7. The number of nitrogens with one attached hydrogen (secondary N) is 4. The van der Waals surface area contributed by atoms with Gasteiger partial charge in [-0.05, 0) is 62.1 Å². The Labute approximate surface area is 344 Å². The summed E-state index contributed by atoms with van der Waals surface area (Å²) in [4.78, 5) is 42.0. The van der Waals surface area contributed by atoms with E-state index in [9.17, 15) is 35.9 Å². The Bertz CT molecular complexity index is 2550. The second kappa shape index (κ2) is 16.5. The fourth-order valence-corrected chi connectivity index (χ4v) is 8.12. The van der Waals surface area contributed by atoms with E-state index in [1.165, 1.54) is 12.1 Å². The van der Waals surface area contributed by atoms with E-state index in [2.05, 4.69) is 35.4 Å². The van der Waals surface area contributed by atoms with Gasteiger partial charge in [0, 0.05) is 47.7 Å². The predicted molar refractivity (Wildman–Crippen MR) is 206 cm³/mol. The summed E-state index contributed by atoms with van der Waals surface area (Å²) in [6.45, 7) is 1.26. The number of hydrogen-bond acceptors (Lipinski definition) is 9. The molecule has 5 aromatic rings. The number of rotatable bonds is 14. The maximum absolute atomic E-state index is 15.5. The van der Waals surface area contributed by atoms with Gasteiger partial charge < -0.3 is 15.4 Å². The van der Waals surface area contributed by atoms with Gasteiger partial charge in [0.1, 0.15) is 46.9 Å². The molecule has 2 aliphatic carbocycles. The Hall–Kier alpha value is -5.57. The summed E-state index contributed by atoms with van der Waals surface area (Å²) in [5.41, 5.74) is -2.92. The molecule has 0 aliphatic heterocycles. The van der Waals surface area contributed by atoms with Gasteiger partial charge in [0.2, 0.25) is 5.91 Å². The standard InChI is InChI=1S/C38H33ClF8N10O2S/c1-15-6-16(2)51-36(50-15)23-12-28(59)57(25-5-4-22(39)30(35(48)55-60-3)31(25)49-13-26(42)43)37(53-23)24(9-17-7-18(40)10-19(41)8-17)52-27(58)14-56-33-29(32(54-56)34(44)45)20-11-21(20)38(33,46)47/h4-8,10,12,20-21,24,26,34,49H,9,11,13-14H2,1-3H3,(H2,48,55)(H,52,58). The normalized spacial score (nSPS) is 16.8. The predicted octanol–water partition coefficient (Wildman–Crippen LogP) is 7.55. The molecule has 2 aliphatic rings. The third-order valence-corrected chi connectivity index (χ3v) is 10.6. The number of amidine groups is 1. The largest absolute Gasteiger partial charge is 0.377 e. The van der Waals surface area contributed by atoms with Crippen molar-refractivity contribution in [1.29, 1.82) is 5.41 Å². The lowest BCUT2D eigenvalue weighted by atomic mass is 10.0. The van der Waals surface area contributed by atoms with Crippen LogP contribution < -0.4 is 20.9 Å². The smallest absolute Gasteiger partial charge is 0.293 e. The highest BCUT2D eigenvalue weighted by Gasteiger charge is 2.67. The molecule has 0 radical (unpaired) electrons. The van der Waals surface area contributed by atoms with Gasteiger partial charge in [0.05, 0.1) is 34.5 Å². The Balaban J connectivity index is 1.44. The van der Waals surface area contributed by atoms with Gasteiger partial charge in [-0.2, -0.15) is 13.9 Å². The lowest BCUT2D eigenvalue weighted by molar-refractivity contribution is -0.123. The Morgan fingerprint density at radius 1 is 1.03 bits per heavy atom. The lowest BCUT2D eigenvalue weighted by Gasteiger charge is -2.26. The summed E-state index contributed by atoms with van der Waals surface area (Å²) < 4.78 is 120.